The third-order valence-electron chi connectivity index (χ3n) is 4.98. The Labute approximate surface area is 132 Å². The van der Waals surface area contributed by atoms with Crippen molar-refractivity contribution in [3.63, 3.8) is 0 Å². The summed E-state index contributed by atoms with van der Waals surface area (Å²) in [5.74, 6) is -2.98. The highest BCUT2D eigenvalue weighted by molar-refractivity contribution is 6.01. The van der Waals surface area contributed by atoms with Gasteiger partial charge in [0.05, 0.1) is 17.7 Å². The van der Waals surface area contributed by atoms with Gasteiger partial charge in [-0.2, -0.15) is 0 Å². The number of rotatable bonds is 0. The molecule has 1 aromatic carbocycles. The predicted octanol–water partition coefficient (Wildman–Crippen LogP) is 1.31. The molecular formula is C16H19NO6. The zero-order chi connectivity index (χ0) is 16.5. The Balaban J connectivity index is 1.79. The lowest BCUT2D eigenvalue weighted by molar-refractivity contribution is -0.147. The Morgan fingerprint density at radius 3 is 2.65 bits per heavy atom. The molecule has 3 aliphatic rings. The standard InChI is InChI=1S/C16H19NO6/c1-16(2)22-9-4-3-6-7-5-8(18)12(19)13(20)10(7)15(21)17-11(6)14(9)23-16/h5-6,9,11,14,18-20H,3-4H2,1-2H3,(H,17,21)/t6?,9?,11-,14?/m1/s1. The maximum absolute atomic E-state index is 12.4. The molecule has 23 heavy (non-hydrogen) atoms. The lowest BCUT2D eigenvalue weighted by atomic mass is 9.73. The lowest BCUT2D eigenvalue weighted by Crippen LogP contribution is -2.56. The van der Waals surface area contributed by atoms with Gasteiger partial charge in [0.2, 0.25) is 5.75 Å². The van der Waals surface area contributed by atoms with Crippen molar-refractivity contribution in [1.29, 1.82) is 0 Å². The molecule has 0 spiro atoms. The summed E-state index contributed by atoms with van der Waals surface area (Å²) >= 11 is 0. The predicted molar refractivity (Wildman–Crippen MR) is 78.5 cm³/mol. The van der Waals surface area contributed by atoms with Gasteiger partial charge in [0.1, 0.15) is 6.10 Å². The average molecular weight is 321 g/mol. The van der Waals surface area contributed by atoms with Gasteiger partial charge < -0.3 is 30.1 Å². The molecular weight excluding hydrogens is 302 g/mol. The maximum Gasteiger partial charge on any atom is 0.255 e. The second-order valence-electron chi connectivity index (χ2n) is 6.88. The highest BCUT2D eigenvalue weighted by atomic mass is 16.8. The largest absolute Gasteiger partial charge is 0.504 e. The first kappa shape index (κ1) is 14.6. The Bertz CT molecular complexity index is 700. The van der Waals surface area contributed by atoms with Gasteiger partial charge >= 0.3 is 0 Å². The van der Waals surface area contributed by atoms with Crippen molar-refractivity contribution in [3.8, 4) is 17.2 Å². The Morgan fingerprint density at radius 1 is 1.17 bits per heavy atom. The van der Waals surface area contributed by atoms with Gasteiger partial charge in [0, 0.05) is 5.92 Å². The van der Waals surface area contributed by atoms with Crippen molar-refractivity contribution in [3.05, 3.63) is 17.2 Å². The average Bonchev–Trinajstić information content (AvgIpc) is 2.79. The number of aromatic hydroxyl groups is 3. The quantitative estimate of drug-likeness (QED) is 0.537. The number of hydrogen-bond donors (Lipinski definition) is 4. The first-order valence-electron chi connectivity index (χ1n) is 7.73. The van der Waals surface area contributed by atoms with Crippen molar-refractivity contribution in [1.82, 2.24) is 5.32 Å². The van der Waals surface area contributed by atoms with Crippen LogP contribution in [0.15, 0.2) is 6.07 Å². The number of fused-ring (bicyclic) bond motifs is 5. The fourth-order valence-electron chi connectivity index (χ4n) is 4.09. The molecule has 4 N–H and O–H groups in total. The summed E-state index contributed by atoms with van der Waals surface area (Å²) in [6, 6.07) is 1.07. The van der Waals surface area contributed by atoms with E-state index in [1.54, 1.807) is 0 Å². The molecule has 4 atom stereocenters. The zero-order valence-corrected chi connectivity index (χ0v) is 12.9. The fourth-order valence-corrected chi connectivity index (χ4v) is 4.09. The van der Waals surface area contributed by atoms with E-state index < -0.39 is 28.9 Å². The molecule has 2 aliphatic heterocycles. The van der Waals surface area contributed by atoms with E-state index in [1.165, 1.54) is 6.07 Å². The van der Waals surface area contributed by atoms with E-state index in [0.29, 0.717) is 5.56 Å². The Kier molecular flexibility index (Phi) is 2.87. The van der Waals surface area contributed by atoms with Crippen LogP contribution < -0.4 is 5.32 Å². The molecule has 0 radical (unpaired) electrons. The highest BCUT2D eigenvalue weighted by Gasteiger charge is 2.53. The number of phenolic OH excluding ortho intramolecular Hbond substituents is 3. The summed E-state index contributed by atoms with van der Waals surface area (Å²) in [6.07, 6.45) is 1.11. The van der Waals surface area contributed by atoms with E-state index in [9.17, 15) is 20.1 Å². The first-order valence-corrected chi connectivity index (χ1v) is 7.73. The monoisotopic (exact) mass is 321 g/mol. The van der Waals surface area contributed by atoms with Crippen LogP contribution in [0.2, 0.25) is 0 Å². The van der Waals surface area contributed by atoms with E-state index >= 15 is 0 Å². The molecule has 4 rings (SSSR count). The van der Waals surface area contributed by atoms with E-state index in [-0.39, 0.29) is 29.7 Å². The molecule has 7 nitrogen and oxygen atoms in total. The molecule has 124 valence electrons. The lowest BCUT2D eigenvalue weighted by Gasteiger charge is -2.42. The number of carbonyl (C=O) groups is 1. The van der Waals surface area contributed by atoms with Crippen LogP contribution in [0, 0.1) is 0 Å². The molecule has 7 heteroatoms. The number of carbonyl (C=O) groups excluding carboxylic acids is 1. The van der Waals surface area contributed by atoms with Crippen molar-refractivity contribution in [2.24, 2.45) is 0 Å². The van der Waals surface area contributed by atoms with Gasteiger partial charge in [0.25, 0.3) is 5.91 Å². The molecule has 1 aromatic rings. The molecule has 0 bridgehead atoms. The smallest absolute Gasteiger partial charge is 0.255 e. The molecule has 0 aromatic heterocycles. The van der Waals surface area contributed by atoms with Gasteiger partial charge in [-0.3, -0.25) is 4.79 Å². The topological polar surface area (TPSA) is 108 Å². The summed E-state index contributed by atoms with van der Waals surface area (Å²) in [5, 5.41) is 32.4. The van der Waals surface area contributed by atoms with Crippen molar-refractivity contribution >= 4 is 5.91 Å². The first-order chi connectivity index (χ1) is 10.8. The second kappa shape index (κ2) is 4.52. The van der Waals surface area contributed by atoms with Crippen molar-refractivity contribution < 1.29 is 29.6 Å². The highest BCUT2D eigenvalue weighted by Crippen LogP contribution is 2.49. The van der Waals surface area contributed by atoms with Gasteiger partial charge in [-0.05, 0) is 38.3 Å². The summed E-state index contributed by atoms with van der Waals surface area (Å²) in [5.41, 5.74) is 0.566. The molecule has 1 saturated carbocycles. The normalized spacial score (nSPS) is 34.3. The summed E-state index contributed by atoms with van der Waals surface area (Å²) in [7, 11) is 0. The van der Waals surface area contributed by atoms with Crippen molar-refractivity contribution in [2.45, 2.75) is 56.6 Å². The minimum absolute atomic E-state index is 0.0261. The zero-order valence-electron chi connectivity index (χ0n) is 12.9. The van der Waals surface area contributed by atoms with E-state index in [2.05, 4.69) is 5.32 Å². The molecule has 2 fully saturated rings. The van der Waals surface area contributed by atoms with Crippen molar-refractivity contribution in [2.75, 3.05) is 0 Å². The number of benzene rings is 1. The van der Waals surface area contributed by atoms with E-state index in [0.717, 1.165) is 12.8 Å². The van der Waals surface area contributed by atoms with Crippen LogP contribution >= 0.6 is 0 Å². The van der Waals surface area contributed by atoms with Gasteiger partial charge in [-0.1, -0.05) is 0 Å². The minimum Gasteiger partial charge on any atom is -0.504 e. The van der Waals surface area contributed by atoms with E-state index in [4.69, 9.17) is 9.47 Å². The number of ether oxygens (including phenoxy) is 2. The van der Waals surface area contributed by atoms with Crippen LogP contribution in [0.4, 0.5) is 0 Å². The molecule has 1 aliphatic carbocycles. The van der Waals surface area contributed by atoms with Crippen LogP contribution in [-0.2, 0) is 9.47 Å². The Morgan fingerprint density at radius 2 is 1.91 bits per heavy atom. The maximum atomic E-state index is 12.4. The summed E-state index contributed by atoms with van der Waals surface area (Å²) < 4.78 is 11.8. The Hall–Kier alpha value is -1.99. The minimum atomic E-state index is -0.700. The van der Waals surface area contributed by atoms with Crippen LogP contribution in [0.5, 0.6) is 17.2 Å². The third kappa shape index (κ3) is 2.00. The number of hydrogen-bond acceptors (Lipinski definition) is 6. The van der Waals surface area contributed by atoms with Crippen LogP contribution in [0.1, 0.15) is 48.5 Å². The summed E-state index contributed by atoms with van der Waals surface area (Å²) in [6.45, 7) is 3.68. The van der Waals surface area contributed by atoms with Gasteiger partial charge in [-0.15, -0.1) is 0 Å². The van der Waals surface area contributed by atoms with E-state index in [1.807, 2.05) is 13.8 Å². The molecule has 1 amide bonds. The van der Waals surface area contributed by atoms with Crippen LogP contribution in [-0.4, -0.2) is 45.3 Å². The van der Waals surface area contributed by atoms with Crippen LogP contribution in [0.3, 0.4) is 0 Å². The van der Waals surface area contributed by atoms with Crippen LogP contribution in [0.25, 0.3) is 0 Å². The number of nitrogens with one attached hydrogen (secondary N) is 1. The number of phenols is 3. The third-order valence-corrected chi connectivity index (χ3v) is 4.98. The fraction of sp³-hybridized carbons (Fsp3) is 0.562. The van der Waals surface area contributed by atoms with Gasteiger partial charge in [0.15, 0.2) is 17.3 Å². The molecule has 1 saturated heterocycles. The number of amides is 1. The second-order valence-corrected chi connectivity index (χ2v) is 6.88. The molecule has 2 heterocycles. The SMILES string of the molecule is CC1(C)OC2CCC3c4cc(O)c(O)c(O)c4C(=O)N[C@H]3C2O1. The summed E-state index contributed by atoms with van der Waals surface area (Å²) in [4.78, 5) is 12.4. The van der Waals surface area contributed by atoms with Gasteiger partial charge in [-0.25, -0.2) is 0 Å². The molecule has 3 unspecified atom stereocenters.